The van der Waals surface area contributed by atoms with Crippen LogP contribution in [-0.2, 0) is 29.7 Å². The number of amides is 1. The minimum absolute atomic E-state index is 0.107. The SMILES string of the molecule is COc1nc(-c2cccc(-c3ccnc(-c4ccc5c(CNC6CCOCC6)cn(C)c5c4)c3Cl)c2Cl)ccc1CNC[C@H]1CCC(=O)N1. The summed E-state index contributed by atoms with van der Waals surface area (Å²) < 4.78 is 13.3. The molecule has 1 atom stereocenters. The molecule has 1 amide bonds. The Morgan fingerprint density at radius 2 is 1.80 bits per heavy atom. The van der Waals surface area contributed by atoms with E-state index in [1.54, 1.807) is 13.3 Å². The van der Waals surface area contributed by atoms with Crippen LogP contribution >= 0.6 is 23.2 Å². The quantitative estimate of drug-likeness (QED) is 0.138. The number of carbonyl (C=O) groups excluding carboxylic acids is 1. The van der Waals surface area contributed by atoms with E-state index in [1.807, 2.05) is 36.4 Å². The lowest BCUT2D eigenvalue weighted by Gasteiger charge is -2.23. The minimum Gasteiger partial charge on any atom is -0.481 e. The zero-order chi connectivity index (χ0) is 33.9. The van der Waals surface area contributed by atoms with Gasteiger partial charge in [-0.2, -0.15) is 0 Å². The molecule has 49 heavy (non-hydrogen) atoms. The van der Waals surface area contributed by atoms with Gasteiger partial charge in [0.25, 0.3) is 0 Å². The van der Waals surface area contributed by atoms with Crippen LogP contribution in [0.5, 0.6) is 5.88 Å². The summed E-state index contributed by atoms with van der Waals surface area (Å²) in [6, 6.07) is 18.7. The lowest BCUT2D eigenvalue weighted by molar-refractivity contribution is -0.119. The summed E-state index contributed by atoms with van der Waals surface area (Å²) in [5.41, 5.74) is 7.97. The van der Waals surface area contributed by atoms with Gasteiger partial charge in [-0.3, -0.25) is 9.78 Å². The van der Waals surface area contributed by atoms with Gasteiger partial charge in [-0.05, 0) is 43.0 Å². The van der Waals surface area contributed by atoms with Crippen molar-refractivity contribution in [3.63, 3.8) is 0 Å². The van der Waals surface area contributed by atoms with Crippen LogP contribution in [0, 0.1) is 0 Å². The van der Waals surface area contributed by atoms with Crippen LogP contribution < -0.4 is 20.7 Å². The number of benzene rings is 2. The molecule has 3 N–H and O–H groups in total. The average Bonchev–Trinajstić information content (AvgIpc) is 3.69. The first kappa shape index (κ1) is 33.5. The molecule has 0 unspecified atom stereocenters. The highest BCUT2D eigenvalue weighted by Gasteiger charge is 2.21. The van der Waals surface area contributed by atoms with Gasteiger partial charge in [0.05, 0.1) is 28.5 Å². The van der Waals surface area contributed by atoms with E-state index in [0.29, 0.717) is 52.9 Å². The first-order valence-electron chi connectivity index (χ1n) is 16.8. The fourth-order valence-corrected chi connectivity index (χ4v) is 7.49. The molecule has 0 saturated carbocycles. The summed E-state index contributed by atoms with van der Waals surface area (Å²) in [7, 11) is 3.69. The molecule has 11 heteroatoms. The lowest BCUT2D eigenvalue weighted by Crippen LogP contribution is -2.35. The summed E-state index contributed by atoms with van der Waals surface area (Å²) >= 11 is 14.3. The Hall–Kier alpha value is -3.99. The number of ether oxygens (including phenoxy) is 2. The van der Waals surface area contributed by atoms with E-state index in [9.17, 15) is 4.79 Å². The molecule has 5 aromatic rings. The number of hydrogen-bond acceptors (Lipinski definition) is 7. The first-order chi connectivity index (χ1) is 23.9. The van der Waals surface area contributed by atoms with E-state index >= 15 is 0 Å². The average molecular weight is 700 g/mol. The van der Waals surface area contributed by atoms with Crippen LogP contribution in [0.4, 0.5) is 0 Å². The van der Waals surface area contributed by atoms with Crippen LogP contribution in [-0.4, -0.2) is 59.4 Å². The van der Waals surface area contributed by atoms with Crippen molar-refractivity contribution >= 4 is 40.0 Å². The molecule has 0 radical (unpaired) electrons. The number of aryl methyl sites for hydroxylation is 1. The molecule has 254 valence electrons. The van der Waals surface area contributed by atoms with Gasteiger partial charge >= 0.3 is 0 Å². The van der Waals surface area contributed by atoms with Crippen LogP contribution in [0.1, 0.15) is 36.8 Å². The number of nitrogens with zero attached hydrogens (tertiary/aromatic N) is 3. The molecule has 2 aliphatic heterocycles. The Morgan fingerprint density at radius 1 is 0.980 bits per heavy atom. The number of methoxy groups -OCH3 is 1. The third-order valence-corrected chi connectivity index (χ3v) is 10.3. The number of carbonyl (C=O) groups is 1. The molecule has 9 nitrogen and oxygen atoms in total. The van der Waals surface area contributed by atoms with Crippen molar-refractivity contribution in [2.24, 2.45) is 7.05 Å². The highest BCUT2D eigenvalue weighted by atomic mass is 35.5. The molecular formula is C38H40Cl2N6O3. The molecule has 2 aromatic carbocycles. The summed E-state index contributed by atoms with van der Waals surface area (Å²) in [6.07, 6.45) is 7.48. The maximum Gasteiger partial charge on any atom is 0.220 e. The summed E-state index contributed by atoms with van der Waals surface area (Å²) in [5, 5.41) is 12.4. The molecule has 0 bridgehead atoms. The molecule has 5 heterocycles. The maximum atomic E-state index is 11.5. The number of halogens is 2. The Kier molecular flexibility index (Phi) is 10.2. The van der Waals surface area contributed by atoms with Crippen LogP contribution in [0.2, 0.25) is 10.0 Å². The van der Waals surface area contributed by atoms with Crippen LogP contribution in [0.25, 0.3) is 44.5 Å². The fraction of sp³-hybridized carbons (Fsp3) is 0.342. The van der Waals surface area contributed by atoms with Crippen molar-refractivity contribution in [2.45, 2.75) is 50.9 Å². The second kappa shape index (κ2) is 14.9. The highest BCUT2D eigenvalue weighted by molar-refractivity contribution is 6.39. The summed E-state index contributed by atoms with van der Waals surface area (Å²) in [4.78, 5) is 21.0. The normalized spacial score (nSPS) is 16.7. The van der Waals surface area contributed by atoms with E-state index in [0.717, 1.165) is 72.4 Å². The van der Waals surface area contributed by atoms with Crippen molar-refractivity contribution < 1.29 is 14.3 Å². The number of rotatable bonds is 11. The molecule has 0 spiro atoms. The molecule has 2 aliphatic rings. The summed E-state index contributed by atoms with van der Waals surface area (Å²) in [5.74, 6) is 0.626. The van der Waals surface area contributed by atoms with E-state index in [-0.39, 0.29) is 11.9 Å². The van der Waals surface area contributed by atoms with Gasteiger partial charge in [0.2, 0.25) is 11.8 Å². The largest absolute Gasteiger partial charge is 0.481 e. The van der Waals surface area contributed by atoms with Gasteiger partial charge in [-0.25, -0.2) is 4.98 Å². The molecule has 7 rings (SSSR count). The van der Waals surface area contributed by atoms with Crippen molar-refractivity contribution in [1.29, 1.82) is 0 Å². The molecule has 3 aromatic heterocycles. The number of nitrogens with one attached hydrogen (secondary N) is 3. The predicted octanol–water partition coefficient (Wildman–Crippen LogP) is 6.92. The number of pyridine rings is 2. The third-order valence-electron chi connectivity index (χ3n) is 9.53. The first-order valence-corrected chi connectivity index (χ1v) is 17.5. The van der Waals surface area contributed by atoms with Crippen LogP contribution in [0.15, 0.2) is 67.0 Å². The fourth-order valence-electron chi connectivity index (χ4n) is 6.84. The number of hydrogen-bond donors (Lipinski definition) is 3. The second-order valence-electron chi connectivity index (χ2n) is 12.8. The van der Waals surface area contributed by atoms with Gasteiger partial charge in [-0.1, -0.05) is 59.6 Å². The van der Waals surface area contributed by atoms with Gasteiger partial charge in [-0.15, -0.1) is 0 Å². The number of aromatic nitrogens is 3. The molecule has 2 saturated heterocycles. The van der Waals surface area contributed by atoms with Crippen LogP contribution in [0.3, 0.4) is 0 Å². The smallest absolute Gasteiger partial charge is 0.220 e. The topological polar surface area (TPSA) is 102 Å². The minimum atomic E-state index is 0.107. The zero-order valence-corrected chi connectivity index (χ0v) is 29.2. The highest BCUT2D eigenvalue weighted by Crippen LogP contribution is 2.42. The molecular weight excluding hydrogens is 659 g/mol. The van der Waals surface area contributed by atoms with E-state index in [1.165, 1.54) is 10.9 Å². The third kappa shape index (κ3) is 7.18. The van der Waals surface area contributed by atoms with Crippen molar-refractivity contribution in [3.05, 3.63) is 88.2 Å². The Morgan fingerprint density at radius 3 is 2.59 bits per heavy atom. The van der Waals surface area contributed by atoms with E-state index in [4.69, 9.17) is 42.6 Å². The van der Waals surface area contributed by atoms with Gasteiger partial charge in [0.1, 0.15) is 0 Å². The van der Waals surface area contributed by atoms with Crippen molar-refractivity contribution in [1.82, 2.24) is 30.5 Å². The van der Waals surface area contributed by atoms with Gasteiger partial charge in [0, 0.05) is 110 Å². The Labute approximate surface area is 296 Å². The Balaban J connectivity index is 1.13. The lowest BCUT2D eigenvalue weighted by atomic mass is 9.99. The zero-order valence-electron chi connectivity index (χ0n) is 27.7. The standard InChI is InChI=1S/C38H40Cl2N6O3/c1-46-22-25(20-43-26-13-16-49-17-14-26)28-9-6-23(18-33(28)46)37-36(40)30(12-15-42-37)29-4-3-5-31(35(29)39)32-10-7-24(38(45-32)48-2)19-41-21-27-8-11-34(47)44-27/h3-7,9-10,12,15,18,22,26-27,41,43H,8,11,13-14,16-17,19-21H2,1-2H3,(H,44,47)/t27-/m1/s1. The monoisotopic (exact) mass is 698 g/mol. The van der Waals surface area contributed by atoms with E-state index in [2.05, 4.69) is 52.0 Å². The second-order valence-corrected chi connectivity index (χ2v) is 13.5. The molecule has 2 fully saturated rings. The van der Waals surface area contributed by atoms with Crippen molar-refractivity contribution in [3.8, 4) is 39.5 Å². The van der Waals surface area contributed by atoms with Gasteiger partial charge in [0.15, 0.2) is 0 Å². The van der Waals surface area contributed by atoms with E-state index < -0.39 is 0 Å². The maximum absolute atomic E-state index is 11.5. The predicted molar refractivity (Wildman–Crippen MR) is 195 cm³/mol. The number of fused-ring (bicyclic) bond motifs is 1. The van der Waals surface area contributed by atoms with Gasteiger partial charge < -0.3 is 30.0 Å². The molecule has 0 aliphatic carbocycles. The van der Waals surface area contributed by atoms with Crippen molar-refractivity contribution in [2.75, 3.05) is 26.9 Å². The summed E-state index contributed by atoms with van der Waals surface area (Å²) in [6.45, 7) is 3.70. The Bertz CT molecular complexity index is 1990.